The van der Waals surface area contributed by atoms with E-state index in [9.17, 15) is 32.8 Å². The summed E-state index contributed by atoms with van der Waals surface area (Å²) in [7, 11) is -0.507. The van der Waals surface area contributed by atoms with Crippen molar-refractivity contribution in [1.82, 2.24) is 0 Å². The highest BCUT2D eigenvalue weighted by molar-refractivity contribution is 7.80. The highest BCUT2D eigenvalue weighted by atomic mass is 32.3. The third-order valence-electron chi connectivity index (χ3n) is 9.72. The molecule has 0 rings (SSSR count). The van der Waals surface area contributed by atoms with Gasteiger partial charge in [-0.1, -0.05) is 168 Å². The number of aliphatic hydroxyl groups is 2. The number of rotatable bonds is 38. The van der Waals surface area contributed by atoms with Gasteiger partial charge in [0.1, 0.15) is 36.9 Å². The molecule has 0 saturated carbocycles. The first-order chi connectivity index (χ1) is 24.8. The zero-order valence-corrected chi connectivity index (χ0v) is 35.5. The first kappa shape index (κ1) is 53.2. The summed E-state index contributed by atoms with van der Waals surface area (Å²) in [5.74, 6) is 0.276. The third-order valence-corrected chi connectivity index (χ3v) is 10.2. The molecule has 0 heterocycles. The Labute approximate surface area is 322 Å². The van der Waals surface area contributed by atoms with E-state index in [2.05, 4.69) is 18.0 Å². The molecule has 0 saturated heterocycles. The lowest BCUT2D eigenvalue weighted by Gasteiger charge is -2.33. The number of nitrogens with zero attached hydrogens (tertiary/aromatic N) is 1. The van der Waals surface area contributed by atoms with Crippen molar-refractivity contribution in [2.75, 3.05) is 33.8 Å². The molecule has 0 radical (unpaired) electrons. The van der Waals surface area contributed by atoms with Crippen LogP contribution in [0, 0.1) is 0 Å². The van der Waals surface area contributed by atoms with Crippen LogP contribution in [-0.2, 0) is 24.2 Å². The van der Waals surface area contributed by atoms with Crippen LogP contribution in [0.15, 0.2) is 0 Å². The molecule has 0 bridgehead atoms. The lowest BCUT2D eigenvalue weighted by molar-refractivity contribution is -0.896. The van der Waals surface area contributed by atoms with Crippen molar-refractivity contribution in [3.63, 3.8) is 0 Å². The Hall–Kier alpha value is -0.910. The van der Waals surface area contributed by atoms with Crippen LogP contribution in [0.2, 0.25) is 0 Å². The summed E-state index contributed by atoms with van der Waals surface area (Å²) in [5, 5.41) is 21.1. The molecule has 0 amide bonds. The lowest BCUT2D eigenvalue weighted by Crippen LogP contribution is -2.50. The van der Waals surface area contributed by atoms with Gasteiger partial charge in [-0.05, 0) is 19.8 Å². The van der Waals surface area contributed by atoms with Gasteiger partial charge >= 0.3 is 0 Å². The number of aliphatic hydroxyl groups excluding tert-OH is 2. The Kier molecular flexibility index (Phi) is 37.9. The van der Waals surface area contributed by atoms with Gasteiger partial charge in [0.25, 0.3) is 0 Å². The molecule has 10 heteroatoms. The number of Topliss-reactive ketones (excluding diaryl/α,β-unsaturated/α-hetero) is 2. The highest BCUT2D eigenvalue weighted by Crippen LogP contribution is 2.16. The van der Waals surface area contributed by atoms with Crippen LogP contribution in [0.4, 0.5) is 0 Å². The maximum Gasteiger partial charge on any atom is 0.217 e. The molecule has 0 aliphatic heterocycles. The van der Waals surface area contributed by atoms with Crippen LogP contribution in [0.5, 0.6) is 0 Å². The molecular formula is C42H85NO8S. The van der Waals surface area contributed by atoms with E-state index in [1.807, 2.05) is 14.1 Å². The monoisotopic (exact) mass is 764 g/mol. The summed E-state index contributed by atoms with van der Waals surface area (Å²) in [4.78, 5) is 24.8. The second-order valence-corrected chi connectivity index (χ2v) is 16.9. The number of hydrogen-bond donors (Lipinski definition) is 2. The van der Waals surface area contributed by atoms with Gasteiger partial charge in [-0.25, -0.2) is 8.42 Å². The number of ketones is 2. The maximum atomic E-state index is 12.4. The average Bonchev–Trinajstić information content (AvgIpc) is 3.04. The number of carbonyl (C=O) groups excluding carboxylic acids is 2. The number of carbonyl (C=O) groups is 2. The minimum Gasteiger partial charge on any atom is -0.726 e. The first-order valence-electron chi connectivity index (χ1n) is 21.6. The fraction of sp³-hybridized carbons (Fsp3) is 0.952. The molecule has 0 fully saturated rings. The van der Waals surface area contributed by atoms with E-state index in [1.165, 1.54) is 148 Å². The van der Waals surface area contributed by atoms with Crippen molar-refractivity contribution in [3.05, 3.63) is 0 Å². The molecule has 0 aliphatic carbocycles. The standard InChI is InChI=1S/C40H80NO4.C2H6O4S/c1-5-7-9-11-13-15-17-19-21-23-25-27-29-31-37(42)33-39(44)35-41(3,4)36-40(45)34-38(43)32-30-28-26-24-22-20-18-16-14-12-10-8-6-2;1-2-6-7(3,4)5/h39-40,44-45H,5-36H2,1-4H3;2H2,1H3,(H,3,4,5)/q+1;/p-1. The van der Waals surface area contributed by atoms with Crippen LogP contribution in [0.1, 0.15) is 213 Å². The largest absolute Gasteiger partial charge is 0.726 e. The van der Waals surface area contributed by atoms with E-state index in [0.29, 0.717) is 30.4 Å². The van der Waals surface area contributed by atoms with E-state index in [1.54, 1.807) is 0 Å². The molecule has 0 aromatic rings. The molecule has 2 N–H and O–H groups in total. The summed E-state index contributed by atoms with van der Waals surface area (Å²) < 4.78 is 32.4. The SMILES string of the molecule is CCCCCCCCCCCCCCCC(=O)CC(O)C[N+](C)(C)CC(O)CC(=O)CCCCCCCCCCCCCCC.CCOS(=O)(=O)[O-]. The quantitative estimate of drug-likeness (QED) is 0.0274. The fourth-order valence-electron chi connectivity index (χ4n) is 6.90. The van der Waals surface area contributed by atoms with Crippen molar-refractivity contribution >= 4 is 22.0 Å². The van der Waals surface area contributed by atoms with Gasteiger partial charge in [0.2, 0.25) is 10.4 Å². The molecular weight excluding hydrogens is 679 g/mol. The zero-order chi connectivity index (χ0) is 39.4. The van der Waals surface area contributed by atoms with Crippen LogP contribution >= 0.6 is 0 Å². The number of hydrogen-bond acceptors (Lipinski definition) is 8. The van der Waals surface area contributed by atoms with Crippen LogP contribution in [-0.4, -0.2) is 85.2 Å². The minimum absolute atomic E-state index is 0.0914. The lowest BCUT2D eigenvalue weighted by atomic mass is 10.0. The van der Waals surface area contributed by atoms with Crippen molar-refractivity contribution in [2.45, 2.75) is 226 Å². The fourth-order valence-corrected chi connectivity index (χ4v) is 7.19. The second-order valence-electron chi connectivity index (χ2n) is 15.9. The number of quaternary nitrogens is 1. The van der Waals surface area contributed by atoms with Gasteiger partial charge in [0.15, 0.2) is 0 Å². The smallest absolute Gasteiger partial charge is 0.217 e. The topological polar surface area (TPSA) is 141 Å². The normalized spacial score (nSPS) is 13.1. The molecule has 2 atom stereocenters. The summed E-state index contributed by atoms with van der Waals surface area (Å²) in [6.07, 6.45) is 33.6. The van der Waals surface area contributed by atoms with Crippen LogP contribution in [0.25, 0.3) is 0 Å². The van der Waals surface area contributed by atoms with Crippen LogP contribution < -0.4 is 0 Å². The van der Waals surface area contributed by atoms with E-state index in [0.717, 1.165) is 25.7 Å². The predicted octanol–water partition coefficient (Wildman–Crippen LogP) is 10.1. The van der Waals surface area contributed by atoms with Gasteiger partial charge in [-0.3, -0.25) is 13.8 Å². The van der Waals surface area contributed by atoms with Crippen molar-refractivity contribution in [1.29, 1.82) is 0 Å². The average molecular weight is 764 g/mol. The third kappa shape index (κ3) is 43.5. The van der Waals surface area contributed by atoms with E-state index >= 15 is 0 Å². The highest BCUT2D eigenvalue weighted by Gasteiger charge is 2.26. The van der Waals surface area contributed by atoms with Crippen LogP contribution in [0.3, 0.4) is 0 Å². The van der Waals surface area contributed by atoms with Gasteiger partial charge in [-0.2, -0.15) is 0 Å². The van der Waals surface area contributed by atoms with Crippen molar-refractivity contribution in [2.24, 2.45) is 0 Å². The first-order valence-corrected chi connectivity index (χ1v) is 22.9. The summed E-state index contributed by atoms with van der Waals surface area (Å²) in [6.45, 7) is 6.69. The van der Waals surface area contributed by atoms with Gasteiger partial charge < -0.3 is 19.2 Å². The maximum absolute atomic E-state index is 12.4. The Morgan fingerprint density at radius 2 is 0.769 bits per heavy atom. The Bertz CT molecular complexity index is 858. The molecule has 0 aromatic heterocycles. The Morgan fingerprint density at radius 1 is 0.519 bits per heavy atom. The van der Waals surface area contributed by atoms with Gasteiger partial charge in [-0.15, -0.1) is 0 Å². The van der Waals surface area contributed by atoms with E-state index in [4.69, 9.17) is 0 Å². The van der Waals surface area contributed by atoms with E-state index < -0.39 is 22.6 Å². The summed E-state index contributed by atoms with van der Waals surface area (Å²) >= 11 is 0. The molecule has 0 aliphatic rings. The molecule has 312 valence electrons. The minimum atomic E-state index is -4.42. The van der Waals surface area contributed by atoms with Crippen molar-refractivity contribution < 1.29 is 41.4 Å². The molecule has 0 aromatic carbocycles. The Balaban J connectivity index is 0. The van der Waals surface area contributed by atoms with Gasteiger partial charge in [0, 0.05) is 25.7 Å². The molecule has 0 spiro atoms. The van der Waals surface area contributed by atoms with E-state index in [-0.39, 0.29) is 31.0 Å². The van der Waals surface area contributed by atoms with Crippen molar-refractivity contribution in [3.8, 4) is 0 Å². The molecule has 2 unspecified atom stereocenters. The summed E-state index contributed by atoms with van der Waals surface area (Å²) in [5.41, 5.74) is 0. The summed E-state index contributed by atoms with van der Waals surface area (Å²) in [6, 6.07) is 0. The molecule has 9 nitrogen and oxygen atoms in total. The predicted molar refractivity (Wildman–Crippen MR) is 215 cm³/mol. The zero-order valence-electron chi connectivity index (χ0n) is 34.7. The van der Waals surface area contributed by atoms with Gasteiger partial charge in [0.05, 0.1) is 20.7 Å². The second kappa shape index (κ2) is 37.0. The molecule has 52 heavy (non-hydrogen) atoms. The number of likely N-dealkylation sites (N-methyl/N-ethyl adjacent to an activating group) is 1. The number of unbranched alkanes of at least 4 members (excludes halogenated alkanes) is 24. The Morgan fingerprint density at radius 3 is 0.981 bits per heavy atom.